The Kier molecular flexibility index (Phi) is 7.98. The van der Waals surface area contributed by atoms with Crippen LogP contribution in [0, 0.1) is 5.82 Å². The van der Waals surface area contributed by atoms with E-state index in [9.17, 15) is 19.5 Å². The molecule has 2 aromatic carbocycles. The maximum absolute atomic E-state index is 15.1. The number of anilines is 3. The van der Waals surface area contributed by atoms with Crippen LogP contribution in [0.5, 0.6) is 0 Å². The lowest BCUT2D eigenvalue weighted by molar-refractivity contribution is -0.121. The Balaban J connectivity index is 1.14. The first-order chi connectivity index (χ1) is 18.8. The predicted octanol–water partition coefficient (Wildman–Crippen LogP) is 1.88. The normalized spacial score (nSPS) is 23.1. The van der Waals surface area contributed by atoms with Gasteiger partial charge in [0, 0.05) is 31.9 Å². The first-order valence-corrected chi connectivity index (χ1v) is 13.6. The van der Waals surface area contributed by atoms with E-state index in [0.717, 1.165) is 11.3 Å². The van der Waals surface area contributed by atoms with E-state index in [2.05, 4.69) is 20.3 Å². The van der Waals surface area contributed by atoms with E-state index >= 15 is 4.39 Å². The Morgan fingerprint density at radius 1 is 1.13 bits per heavy atom. The van der Waals surface area contributed by atoms with E-state index in [0.29, 0.717) is 44.0 Å². The largest absolute Gasteiger partial charge is 0.453 e. The van der Waals surface area contributed by atoms with Crippen LogP contribution in [0.15, 0.2) is 42.5 Å². The number of amides is 3. The highest BCUT2D eigenvalue weighted by molar-refractivity contribution is 8.01. The molecular weight excluding hydrogens is 529 g/mol. The number of nitrogens with zero attached hydrogens (tertiary/aromatic N) is 3. The fourth-order valence-electron chi connectivity index (χ4n) is 4.90. The number of aliphatic hydroxyl groups is 1. The summed E-state index contributed by atoms with van der Waals surface area (Å²) in [4.78, 5) is 41.0. The van der Waals surface area contributed by atoms with Gasteiger partial charge in [-0.25, -0.2) is 14.0 Å². The maximum atomic E-state index is 15.1. The first-order valence-electron chi connectivity index (χ1n) is 12.6. The second kappa shape index (κ2) is 11.6. The number of hydrogen-bond acceptors (Lipinski definition) is 9. The highest BCUT2D eigenvalue weighted by Gasteiger charge is 2.34. The number of hydrogen-bond donors (Lipinski definition) is 3. The van der Waals surface area contributed by atoms with E-state index in [1.807, 2.05) is 29.2 Å². The third-order valence-electron chi connectivity index (χ3n) is 6.97. The van der Waals surface area contributed by atoms with Crippen molar-refractivity contribution in [3.63, 3.8) is 0 Å². The van der Waals surface area contributed by atoms with Crippen LogP contribution in [0.1, 0.15) is 5.56 Å². The molecule has 208 valence electrons. The van der Waals surface area contributed by atoms with Crippen LogP contribution >= 0.6 is 11.8 Å². The lowest BCUT2D eigenvalue weighted by Crippen LogP contribution is -2.46. The summed E-state index contributed by atoms with van der Waals surface area (Å²) in [7, 11) is 1.25. The molecule has 0 radical (unpaired) electrons. The van der Waals surface area contributed by atoms with Crippen LogP contribution in [0.4, 0.5) is 31.0 Å². The molecule has 3 saturated heterocycles. The molecule has 0 saturated carbocycles. The van der Waals surface area contributed by atoms with Gasteiger partial charge < -0.3 is 35.0 Å². The van der Waals surface area contributed by atoms with E-state index in [1.54, 1.807) is 12.1 Å². The minimum atomic E-state index is -0.843. The number of halogens is 1. The van der Waals surface area contributed by atoms with E-state index in [-0.39, 0.29) is 24.2 Å². The molecule has 3 aliphatic rings. The molecule has 0 bridgehead atoms. The fourth-order valence-corrected chi connectivity index (χ4v) is 5.87. The summed E-state index contributed by atoms with van der Waals surface area (Å²) < 4.78 is 24.9. The number of piperazine rings is 1. The monoisotopic (exact) mass is 559 g/mol. The number of nitrogens with one attached hydrogen (secondary N) is 2. The number of benzene rings is 2. The lowest BCUT2D eigenvalue weighted by atomic mass is 10.1. The van der Waals surface area contributed by atoms with E-state index in [1.165, 1.54) is 29.8 Å². The Bertz CT molecular complexity index is 1230. The molecule has 5 rings (SSSR count). The smallest absolute Gasteiger partial charge is 0.414 e. The zero-order valence-electron chi connectivity index (χ0n) is 21.3. The summed E-state index contributed by atoms with van der Waals surface area (Å²) in [6, 6.07) is 12.8. The number of ether oxygens (including phenoxy) is 2. The number of thioether (sulfide) groups is 1. The summed E-state index contributed by atoms with van der Waals surface area (Å²) >= 11 is 1.22. The van der Waals surface area contributed by atoms with Gasteiger partial charge in [0.25, 0.3) is 0 Å². The zero-order valence-corrected chi connectivity index (χ0v) is 22.2. The Morgan fingerprint density at radius 3 is 2.46 bits per heavy atom. The lowest BCUT2D eigenvalue weighted by Gasteiger charge is -2.37. The number of cyclic esters (lactones) is 1. The van der Waals surface area contributed by atoms with Crippen molar-refractivity contribution in [2.75, 3.05) is 61.1 Å². The number of rotatable bonds is 7. The van der Waals surface area contributed by atoms with Gasteiger partial charge in [-0.3, -0.25) is 9.69 Å². The third-order valence-corrected chi connectivity index (χ3v) is 8.06. The molecule has 0 spiro atoms. The molecule has 13 heteroatoms. The third kappa shape index (κ3) is 6.14. The summed E-state index contributed by atoms with van der Waals surface area (Å²) in [6.45, 7) is 2.96. The molecule has 3 heterocycles. The number of carbonyl (C=O) groups excluding carboxylic acids is 3. The SMILES string of the molecule is COC(=O)NC[C@H]1CN(c2ccc(N3CCN(c4ccc(CC5SC(O)NC5=O)cc4)CC3)c(F)c2)C(=O)O1. The molecule has 3 fully saturated rings. The van der Waals surface area contributed by atoms with Crippen molar-refractivity contribution in [1.29, 1.82) is 0 Å². The predicted molar refractivity (Wildman–Crippen MR) is 145 cm³/mol. The molecule has 39 heavy (non-hydrogen) atoms. The van der Waals surface area contributed by atoms with Crippen LogP contribution in [-0.2, 0) is 20.7 Å². The zero-order chi connectivity index (χ0) is 27.5. The fraction of sp³-hybridized carbons (Fsp3) is 0.423. The van der Waals surface area contributed by atoms with Gasteiger partial charge in [-0.1, -0.05) is 23.9 Å². The second-order valence-electron chi connectivity index (χ2n) is 9.45. The average molecular weight is 560 g/mol. The van der Waals surface area contributed by atoms with Gasteiger partial charge in [-0.05, 0) is 42.3 Å². The number of carbonyl (C=O) groups is 3. The van der Waals surface area contributed by atoms with Crippen molar-refractivity contribution in [3.8, 4) is 0 Å². The van der Waals surface area contributed by atoms with Gasteiger partial charge in [-0.15, -0.1) is 0 Å². The summed E-state index contributed by atoms with van der Waals surface area (Å²) in [5, 5.41) is 14.3. The Labute approximate surface area is 229 Å². The van der Waals surface area contributed by atoms with Crippen molar-refractivity contribution >= 4 is 46.9 Å². The Hall–Kier alpha value is -3.71. The van der Waals surface area contributed by atoms with Crippen molar-refractivity contribution in [2.24, 2.45) is 0 Å². The molecular formula is C26H30FN5O6S. The second-order valence-corrected chi connectivity index (χ2v) is 10.7. The highest BCUT2D eigenvalue weighted by Crippen LogP contribution is 2.30. The standard InChI is InChI=1S/C26H30FN5O6S/c1-37-24(34)28-14-19-15-32(26(36)38-19)18-6-7-21(20(27)13-18)31-10-8-30(9-11-31)17-4-2-16(3-5-17)12-22-23(33)29-25(35)39-22/h2-7,13,19,22,25,35H,8-12,14-15H2,1H3,(H,28,34)(H,29,33)/t19-,22?,25?/m0/s1. The molecule has 11 nitrogen and oxygen atoms in total. The minimum Gasteiger partial charge on any atom is -0.453 e. The average Bonchev–Trinajstić information content (AvgIpc) is 3.47. The summed E-state index contributed by atoms with van der Waals surface area (Å²) in [6.07, 6.45) is -1.22. The van der Waals surface area contributed by atoms with E-state index < -0.39 is 29.7 Å². The van der Waals surface area contributed by atoms with Gasteiger partial charge in [0.15, 0.2) is 5.56 Å². The molecule has 2 aromatic rings. The molecule has 3 aliphatic heterocycles. The number of aliphatic hydroxyl groups excluding tert-OH is 1. The van der Waals surface area contributed by atoms with Crippen LogP contribution in [0.25, 0.3) is 0 Å². The quantitative estimate of drug-likeness (QED) is 0.467. The van der Waals surface area contributed by atoms with Crippen LogP contribution < -0.4 is 25.3 Å². The van der Waals surface area contributed by atoms with Gasteiger partial charge in [-0.2, -0.15) is 0 Å². The minimum absolute atomic E-state index is 0.101. The van der Waals surface area contributed by atoms with Crippen LogP contribution in [0.2, 0.25) is 0 Å². The topological polar surface area (TPSA) is 124 Å². The molecule has 3 amide bonds. The molecule has 0 aromatic heterocycles. The summed E-state index contributed by atoms with van der Waals surface area (Å²) in [5.74, 6) is -0.571. The van der Waals surface area contributed by atoms with Crippen molar-refractivity contribution in [1.82, 2.24) is 10.6 Å². The van der Waals surface area contributed by atoms with Gasteiger partial charge in [0.2, 0.25) is 5.91 Å². The van der Waals surface area contributed by atoms with E-state index in [4.69, 9.17) is 4.74 Å². The van der Waals surface area contributed by atoms with Crippen LogP contribution in [0.3, 0.4) is 0 Å². The van der Waals surface area contributed by atoms with Gasteiger partial charge in [0.05, 0.1) is 36.8 Å². The first kappa shape index (κ1) is 26.9. The van der Waals surface area contributed by atoms with Crippen molar-refractivity contribution < 1.29 is 33.4 Å². The van der Waals surface area contributed by atoms with Crippen molar-refractivity contribution in [3.05, 3.63) is 53.8 Å². The molecule has 0 aliphatic carbocycles. The molecule has 2 unspecified atom stereocenters. The maximum Gasteiger partial charge on any atom is 0.414 e. The number of methoxy groups -OCH3 is 1. The van der Waals surface area contributed by atoms with Crippen LogP contribution in [-0.4, -0.2) is 86.5 Å². The Morgan fingerprint density at radius 2 is 1.82 bits per heavy atom. The van der Waals surface area contributed by atoms with Crippen molar-refractivity contribution in [2.45, 2.75) is 23.3 Å². The number of alkyl carbamates (subject to hydrolysis) is 1. The molecule has 3 N–H and O–H groups in total. The highest BCUT2D eigenvalue weighted by atomic mass is 32.2. The summed E-state index contributed by atoms with van der Waals surface area (Å²) in [5.41, 5.74) is 2.10. The van der Waals surface area contributed by atoms with Gasteiger partial charge >= 0.3 is 12.2 Å². The van der Waals surface area contributed by atoms with Gasteiger partial charge in [0.1, 0.15) is 11.9 Å². The molecule has 3 atom stereocenters.